The molecule has 2 nitrogen and oxygen atoms in total. The molecule has 1 aromatic carbocycles. The molecule has 0 aromatic heterocycles. The van der Waals surface area contributed by atoms with Crippen molar-refractivity contribution in [3.05, 3.63) is 35.4 Å². The van der Waals surface area contributed by atoms with Crippen molar-refractivity contribution in [2.75, 3.05) is 19.8 Å². The van der Waals surface area contributed by atoms with Gasteiger partial charge in [0.25, 0.3) is 0 Å². The van der Waals surface area contributed by atoms with Gasteiger partial charge in [-0.05, 0) is 42.7 Å². The molecule has 1 saturated heterocycles. The number of nitrogens with one attached hydrogen (secondary N) is 1. The van der Waals surface area contributed by atoms with E-state index >= 15 is 0 Å². The van der Waals surface area contributed by atoms with E-state index in [1.54, 1.807) is 5.56 Å². The van der Waals surface area contributed by atoms with Gasteiger partial charge in [-0.2, -0.15) is 0 Å². The van der Waals surface area contributed by atoms with Crippen molar-refractivity contribution in [3.8, 4) is 0 Å². The first kappa shape index (κ1) is 12.2. The van der Waals surface area contributed by atoms with Crippen LogP contribution in [0.25, 0.3) is 0 Å². The molecule has 0 radical (unpaired) electrons. The molecule has 2 aliphatic rings. The second-order valence-corrected chi connectivity index (χ2v) is 5.64. The third-order valence-electron chi connectivity index (χ3n) is 4.30. The summed E-state index contributed by atoms with van der Waals surface area (Å²) in [6, 6.07) is 9.52. The highest BCUT2D eigenvalue weighted by molar-refractivity contribution is 5.31. The van der Waals surface area contributed by atoms with Gasteiger partial charge in [-0.1, -0.05) is 30.7 Å². The Kier molecular flexibility index (Phi) is 3.96. The lowest BCUT2D eigenvalue weighted by molar-refractivity contribution is 0.184. The maximum atomic E-state index is 5.45. The highest BCUT2D eigenvalue weighted by atomic mass is 16.5. The molecule has 3 rings (SSSR count). The SMILES string of the molecule is c1ccc2c(c1)CCCCC2NCC1CCOC1. The van der Waals surface area contributed by atoms with Gasteiger partial charge in [0.2, 0.25) is 0 Å². The van der Waals surface area contributed by atoms with Crippen LogP contribution < -0.4 is 5.32 Å². The van der Waals surface area contributed by atoms with E-state index in [1.807, 2.05) is 0 Å². The first-order valence-corrected chi connectivity index (χ1v) is 7.32. The van der Waals surface area contributed by atoms with Crippen LogP contribution in [-0.2, 0) is 11.2 Å². The van der Waals surface area contributed by atoms with Gasteiger partial charge in [0.15, 0.2) is 0 Å². The van der Waals surface area contributed by atoms with Gasteiger partial charge in [0.1, 0.15) is 0 Å². The fourth-order valence-electron chi connectivity index (χ4n) is 3.19. The molecule has 1 aliphatic carbocycles. The molecule has 2 heteroatoms. The normalized spacial score (nSPS) is 27.8. The van der Waals surface area contributed by atoms with Crippen molar-refractivity contribution in [3.63, 3.8) is 0 Å². The third kappa shape index (κ3) is 2.76. The van der Waals surface area contributed by atoms with E-state index in [4.69, 9.17) is 4.74 Å². The van der Waals surface area contributed by atoms with E-state index in [-0.39, 0.29) is 0 Å². The van der Waals surface area contributed by atoms with Crippen LogP contribution in [0.15, 0.2) is 24.3 Å². The molecule has 1 heterocycles. The van der Waals surface area contributed by atoms with Crippen molar-refractivity contribution in [2.24, 2.45) is 5.92 Å². The van der Waals surface area contributed by atoms with E-state index in [9.17, 15) is 0 Å². The number of hydrogen-bond donors (Lipinski definition) is 1. The molecule has 1 aliphatic heterocycles. The summed E-state index contributed by atoms with van der Waals surface area (Å²) < 4.78 is 5.45. The molecule has 0 spiro atoms. The van der Waals surface area contributed by atoms with Crippen molar-refractivity contribution in [1.29, 1.82) is 0 Å². The standard InChI is InChI=1S/C16H23NO/c1-3-7-15-14(5-1)6-2-4-8-16(15)17-11-13-9-10-18-12-13/h1,3,5,7,13,16-17H,2,4,6,8-12H2. The van der Waals surface area contributed by atoms with Crippen LogP contribution in [-0.4, -0.2) is 19.8 Å². The monoisotopic (exact) mass is 245 g/mol. The van der Waals surface area contributed by atoms with Crippen LogP contribution in [0, 0.1) is 5.92 Å². The number of benzene rings is 1. The molecule has 98 valence electrons. The summed E-state index contributed by atoms with van der Waals surface area (Å²) in [6.07, 6.45) is 6.43. The van der Waals surface area contributed by atoms with E-state index in [0.29, 0.717) is 6.04 Å². The minimum Gasteiger partial charge on any atom is -0.381 e. The fourth-order valence-corrected chi connectivity index (χ4v) is 3.19. The summed E-state index contributed by atoms with van der Waals surface area (Å²) >= 11 is 0. The zero-order valence-electron chi connectivity index (χ0n) is 11.0. The second-order valence-electron chi connectivity index (χ2n) is 5.64. The molecule has 1 N–H and O–H groups in total. The van der Waals surface area contributed by atoms with Crippen LogP contribution in [0.5, 0.6) is 0 Å². The van der Waals surface area contributed by atoms with Crippen molar-refractivity contribution in [1.82, 2.24) is 5.32 Å². The van der Waals surface area contributed by atoms with Gasteiger partial charge >= 0.3 is 0 Å². The van der Waals surface area contributed by atoms with Crippen LogP contribution in [0.3, 0.4) is 0 Å². The predicted molar refractivity (Wildman–Crippen MR) is 73.7 cm³/mol. The Morgan fingerprint density at radius 2 is 2.11 bits per heavy atom. The topological polar surface area (TPSA) is 21.3 Å². The fraction of sp³-hybridized carbons (Fsp3) is 0.625. The maximum Gasteiger partial charge on any atom is 0.0507 e. The molecule has 1 aromatic rings. The van der Waals surface area contributed by atoms with Gasteiger partial charge in [0, 0.05) is 19.2 Å². The minimum absolute atomic E-state index is 0.560. The molecule has 2 unspecified atom stereocenters. The van der Waals surface area contributed by atoms with Crippen molar-refractivity contribution < 1.29 is 4.74 Å². The second kappa shape index (κ2) is 5.85. The zero-order chi connectivity index (χ0) is 12.2. The molecular formula is C16H23NO. The minimum atomic E-state index is 0.560. The summed E-state index contributed by atoms with van der Waals surface area (Å²) in [5.41, 5.74) is 3.09. The number of ether oxygens (including phenoxy) is 1. The highest BCUT2D eigenvalue weighted by Gasteiger charge is 2.21. The Morgan fingerprint density at radius 1 is 1.17 bits per heavy atom. The number of aryl methyl sites for hydroxylation is 1. The van der Waals surface area contributed by atoms with Gasteiger partial charge < -0.3 is 10.1 Å². The van der Waals surface area contributed by atoms with Gasteiger partial charge in [-0.3, -0.25) is 0 Å². The summed E-state index contributed by atoms with van der Waals surface area (Å²) in [7, 11) is 0. The molecule has 0 saturated carbocycles. The van der Waals surface area contributed by atoms with E-state index in [0.717, 1.165) is 25.7 Å². The number of fused-ring (bicyclic) bond motifs is 1. The summed E-state index contributed by atoms with van der Waals surface area (Å²) in [5.74, 6) is 0.723. The van der Waals surface area contributed by atoms with Crippen LogP contribution in [0.2, 0.25) is 0 Å². The molecule has 0 bridgehead atoms. The largest absolute Gasteiger partial charge is 0.381 e. The Labute approximate surface area is 110 Å². The molecule has 0 amide bonds. The summed E-state index contributed by atoms with van der Waals surface area (Å²) in [4.78, 5) is 0. The van der Waals surface area contributed by atoms with E-state index < -0.39 is 0 Å². The van der Waals surface area contributed by atoms with E-state index in [2.05, 4.69) is 29.6 Å². The predicted octanol–water partition coefficient (Wildman–Crippen LogP) is 3.08. The maximum absolute atomic E-state index is 5.45. The summed E-state index contributed by atoms with van der Waals surface area (Å²) in [5, 5.41) is 3.78. The molecule has 2 atom stereocenters. The Hall–Kier alpha value is -0.860. The van der Waals surface area contributed by atoms with Gasteiger partial charge in [-0.25, -0.2) is 0 Å². The smallest absolute Gasteiger partial charge is 0.0507 e. The lowest BCUT2D eigenvalue weighted by Crippen LogP contribution is -2.27. The number of rotatable bonds is 3. The first-order chi connectivity index (χ1) is 8.93. The third-order valence-corrected chi connectivity index (χ3v) is 4.30. The highest BCUT2D eigenvalue weighted by Crippen LogP contribution is 2.28. The lowest BCUT2D eigenvalue weighted by atomic mass is 9.98. The van der Waals surface area contributed by atoms with Crippen LogP contribution >= 0.6 is 0 Å². The van der Waals surface area contributed by atoms with Crippen molar-refractivity contribution >= 4 is 0 Å². The Bertz CT molecular complexity index is 384. The Morgan fingerprint density at radius 3 is 3.00 bits per heavy atom. The first-order valence-electron chi connectivity index (χ1n) is 7.32. The summed E-state index contributed by atoms with van der Waals surface area (Å²) in [6.45, 7) is 3.01. The Balaban J connectivity index is 1.67. The number of hydrogen-bond acceptors (Lipinski definition) is 2. The quantitative estimate of drug-likeness (QED) is 0.826. The zero-order valence-corrected chi connectivity index (χ0v) is 11.0. The lowest BCUT2D eigenvalue weighted by Gasteiger charge is -2.21. The molecule has 1 fully saturated rings. The van der Waals surface area contributed by atoms with Crippen LogP contribution in [0.1, 0.15) is 42.9 Å². The molecular weight excluding hydrogens is 222 g/mol. The van der Waals surface area contributed by atoms with Gasteiger partial charge in [0.05, 0.1) is 6.61 Å². The molecule has 18 heavy (non-hydrogen) atoms. The van der Waals surface area contributed by atoms with Crippen molar-refractivity contribution in [2.45, 2.75) is 38.1 Å². The van der Waals surface area contributed by atoms with E-state index in [1.165, 1.54) is 37.7 Å². The average Bonchev–Trinajstić information content (AvgIpc) is 2.84. The van der Waals surface area contributed by atoms with Crippen LogP contribution in [0.4, 0.5) is 0 Å². The van der Waals surface area contributed by atoms with Gasteiger partial charge in [-0.15, -0.1) is 0 Å². The average molecular weight is 245 g/mol.